The first-order valence-corrected chi connectivity index (χ1v) is 9.66. The first-order chi connectivity index (χ1) is 14.7. The highest BCUT2D eigenvalue weighted by atomic mass is 16.4. The van der Waals surface area contributed by atoms with Crippen LogP contribution >= 0.6 is 0 Å². The molecule has 2 aromatic carbocycles. The number of aryl methyl sites for hydroxylation is 2. The normalized spacial score (nSPS) is 11.1. The van der Waals surface area contributed by atoms with Gasteiger partial charge in [0.15, 0.2) is 0 Å². The predicted octanol–water partition coefficient (Wildman–Crippen LogP) is 4.36. The number of imidazole rings is 1. The van der Waals surface area contributed by atoms with Crippen molar-refractivity contribution < 1.29 is 4.42 Å². The van der Waals surface area contributed by atoms with Crippen LogP contribution in [0.2, 0.25) is 0 Å². The molecule has 3 heterocycles. The second-order valence-electron chi connectivity index (χ2n) is 7.15. The summed E-state index contributed by atoms with van der Waals surface area (Å²) in [7, 11) is 1.98. The summed E-state index contributed by atoms with van der Waals surface area (Å²) in [5.74, 6) is 1.07. The predicted molar refractivity (Wildman–Crippen MR) is 113 cm³/mol. The Morgan fingerprint density at radius 1 is 0.933 bits per heavy atom. The van der Waals surface area contributed by atoms with E-state index in [1.165, 1.54) is 0 Å². The maximum Gasteiger partial charge on any atom is 0.248 e. The molecule has 0 unspecified atom stereocenters. The van der Waals surface area contributed by atoms with Gasteiger partial charge in [-0.3, -0.25) is 4.68 Å². The third-order valence-electron chi connectivity index (χ3n) is 5.03. The topological polar surface area (TPSA) is 74.6 Å². The Hall–Kier alpha value is -4.00. The zero-order valence-electron chi connectivity index (χ0n) is 16.7. The highest BCUT2D eigenvalue weighted by molar-refractivity contribution is 5.82. The summed E-state index contributed by atoms with van der Waals surface area (Å²) in [6.07, 6.45) is 5.65. The first-order valence-electron chi connectivity index (χ1n) is 9.66. The van der Waals surface area contributed by atoms with Crippen molar-refractivity contribution in [2.75, 3.05) is 0 Å². The number of benzene rings is 2. The van der Waals surface area contributed by atoms with E-state index in [4.69, 9.17) is 9.52 Å². The molecule has 7 heteroatoms. The van der Waals surface area contributed by atoms with Gasteiger partial charge >= 0.3 is 0 Å². The van der Waals surface area contributed by atoms with E-state index in [9.17, 15) is 0 Å². The van der Waals surface area contributed by atoms with Crippen molar-refractivity contribution >= 4 is 0 Å². The van der Waals surface area contributed by atoms with Crippen LogP contribution in [-0.4, -0.2) is 29.5 Å². The summed E-state index contributed by atoms with van der Waals surface area (Å²) in [4.78, 5) is 4.17. The Morgan fingerprint density at radius 2 is 1.77 bits per heavy atom. The van der Waals surface area contributed by atoms with Crippen LogP contribution in [0.5, 0.6) is 0 Å². The van der Waals surface area contributed by atoms with Crippen LogP contribution in [0.3, 0.4) is 0 Å². The molecule has 0 fully saturated rings. The highest BCUT2D eigenvalue weighted by Crippen LogP contribution is 2.33. The van der Waals surface area contributed by atoms with Crippen molar-refractivity contribution in [3.8, 4) is 33.8 Å². The van der Waals surface area contributed by atoms with Crippen LogP contribution in [0.15, 0.2) is 77.7 Å². The summed E-state index contributed by atoms with van der Waals surface area (Å²) >= 11 is 0. The van der Waals surface area contributed by atoms with Crippen LogP contribution in [-0.2, 0) is 13.6 Å². The average molecular weight is 396 g/mol. The summed E-state index contributed by atoms with van der Waals surface area (Å²) in [5.41, 5.74) is 6.09. The standard InChI is InChI=1S/C23H20N6O/c1-16-25-26-23(30-16)21-9-4-3-8-20(21)17-6-5-7-18(12-17)22-10-11-29(27-22)14-19-13-24-15-28(19)2/h3-13,15H,14H2,1-2H3. The maximum atomic E-state index is 5.66. The number of hydrogen-bond acceptors (Lipinski definition) is 5. The van der Waals surface area contributed by atoms with Gasteiger partial charge in [0.1, 0.15) is 0 Å². The average Bonchev–Trinajstić information content (AvgIpc) is 3.51. The van der Waals surface area contributed by atoms with E-state index in [1.807, 2.05) is 59.0 Å². The number of aromatic nitrogens is 6. The largest absolute Gasteiger partial charge is 0.421 e. The zero-order chi connectivity index (χ0) is 20.5. The van der Waals surface area contributed by atoms with Gasteiger partial charge < -0.3 is 8.98 Å². The zero-order valence-corrected chi connectivity index (χ0v) is 16.7. The summed E-state index contributed by atoms with van der Waals surface area (Å²) in [6, 6.07) is 18.4. The molecule has 0 spiro atoms. The van der Waals surface area contributed by atoms with Crippen molar-refractivity contribution in [1.82, 2.24) is 29.5 Å². The molecule has 7 nitrogen and oxygen atoms in total. The lowest BCUT2D eigenvalue weighted by Gasteiger charge is -2.08. The van der Waals surface area contributed by atoms with Gasteiger partial charge in [-0.1, -0.05) is 36.4 Å². The van der Waals surface area contributed by atoms with E-state index >= 15 is 0 Å². The molecule has 0 aliphatic carbocycles. The smallest absolute Gasteiger partial charge is 0.248 e. The number of hydrogen-bond donors (Lipinski definition) is 0. The van der Waals surface area contributed by atoms with Gasteiger partial charge in [-0.25, -0.2) is 4.98 Å². The van der Waals surface area contributed by atoms with E-state index in [-0.39, 0.29) is 0 Å². The molecule has 5 rings (SSSR count). The molecule has 30 heavy (non-hydrogen) atoms. The molecule has 0 radical (unpaired) electrons. The van der Waals surface area contributed by atoms with Gasteiger partial charge in [0, 0.05) is 31.3 Å². The van der Waals surface area contributed by atoms with Gasteiger partial charge in [0.05, 0.1) is 30.5 Å². The van der Waals surface area contributed by atoms with Crippen LogP contribution in [0, 0.1) is 6.92 Å². The van der Waals surface area contributed by atoms with Crippen LogP contribution < -0.4 is 0 Å². The second-order valence-corrected chi connectivity index (χ2v) is 7.15. The van der Waals surface area contributed by atoms with Gasteiger partial charge in [-0.15, -0.1) is 10.2 Å². The van der Waals surface area contributed by atoms with E-state index in [0.29, 0.717) is 18.3 Å². The summed E-state index contributed by atoms with van der Waals surface area (Å²) in [6.45, 7) is 2.47. The number of nitrogens with zero attached hydrogens (tertiary/aromatic N) is 6. The molecule has 0 N–H and O–H groups in total. The Kier molecular flexibility index (Phi) is 4.48. The van der Waals surface area contributed by atoms with Gasteiger partial charge in [0.25, 0.3) is 0 Å². The highest BCUT2D eigenvalue weighted by Gasteiger charge is 2.13. The first kappa shape index (κ1) is 18.1. The minimum atomic E-state index is 0.522. The Morgan fingerprint density at radius 3 is 2.53 bits per heavy atom. The molecule has 0 bridgehead atoms. The fourth-order valence-electron chi connectivity index (χ4n) is 3.48. The lowest BCUT2D eigenvalue weighted by atomic mass is 9.97. The van der Waals surface area contributed by atoms with E-state index in [0.717, 1.165) is 33.6 Å². The molecule has 3 aromatic heterocycles. The number of rotatable bonds is 5. The summed E-state index contributed by atoms with van der Waals surface area (Å²) < 4.78 is 9.59. The monoisotopic (exact) mass is 396 g/mol. The SMILES string of the molecule is Cc1nnc(-c2ccccc2-c2cccc(-c3ccn(Cc4cncn4C)n3)c2)o1. The Balaban J connectivity index is 1.48. The van der Waals surface area contributed by atoms with E-state index < -0.39 is 0 Å². The minimum absolute atomic E-state index is 0.522. The lowest BCUT2D eigenvalue weighted by Crippen LogP contribution is -2.04. The Labute approximate surface area is 173 Å². The molecular weight excluding hydrogens is 376 g/mol. The van der Waals surface area contributed by atoms with Gasteiger partial charge in [0.2, 0.25) is 11.8 Å². The van der Waals surface area contributed by atoms with Crippen LogP contribution in [0.25, 0.3) is 33.8 Å². The molecule has 0 amide bonds. The molecule has 0 aliphatic heterocycles. The van der Waals surface area contributed by atoms with Gasteiger partial charge in [-0.05, 0) is 29.3 Å². The van der Waals surface area contributed by atoms with Crippen LogP contribution in [0.1, 0.15) is 11.6 Å². The van der Waals surface area contributed by atoms with Crippen molar-refractivity contribution in [3.05, 3.63) is 84.9 Å². The quantitative estimate of drug-likeness (QED) is 0.441. The van der Waals surface area contributed by atoms with E-state index in [2.05, 4.69) is 39.4 Å². The molecular formula is C23H20N6O. The molecule has 0 saturated heterocycles. The molecule has 0 saturated carbocycles. The van der Waals surface area contributed by atoms with Crippen molar-refractivity contribution in [2.45, 2.75) is 13.5 Å². The molecule has 0 aliphatic rings. The minimum Gasteiger partial charge on any atom is -0.421 e. The fourth-order valence-corrected chi connectivity index (χ4v) is 3.48. The second kappa shape index (κ2) is 7.44. The van der Waals surface area contributed by atoms with Crippen molar-refractivity contribution in [3.63, 3.8) is 0 Å². The van der Waals surface area contributed by atoms with Gasteiger partial charge in [-0.2, -0.15) is 5.10 Å². The van der Waals surface area contributed by atoms with Crippen molar-refractivity contribution in [2.24, 2.45) is 7.05 Å². The fraction of sp³-hybridized carbons (Fsp3) is 0.130. The Bertz CT molecular complexity index is 1310. The molecule has 0 atom stereocenters. The van der Waals surface area contributed by atoms with Crippen LogP contribution in [0.4, 0.5) is 0 Å². The summed E-state index contributed by atoms with van der Waals surface area (Å²) in [5, 5.41) is 12.9. The maximum absolute atomic E-state index is 5.66. The third-order valence-corrected chi connectivity index (χ3v) is 5.03. The van der Waals surface area contributed by atoms with Crippen molar-refractivity contribution in [1.29, 1.82) is 0 Å². The van der Waals surface area contributed by atoms with E-state index in [1.54, 1.807) is 13.3 Å². The molecule has 5 aromatic rings. The lowest BCUT2D eigenvalue weighted by molar-refractivity contribution is 0.533. The third kappa shape index (κ3) is 3.41. The molecule has 148 valence electrons.